The molecule has 0 N–H and O–H groups in total. The monoisotopic (exact) mass is 393 g/mol. The Kier molecular flexibility index (Phi) is 3.78. The molecule has 0 unspecified atom stereocenters. The number of fused-ring (bicyclic) bond motifs is 6. The van der Waals surface area contributed by atoms with E-state index in [0.29, 0.717) is 18.4 Å². The van der Waals surface area contributed by atoms with E-state index in [-0.39, 0.29) is 5.41 Å². The SMILES string of the molecule is CN1C(=O)CC[C@]2(C)c3ccc(-c4ccc5c(c4)Cc4ccccc4-5)cc3CC[C@@H]12. The van der Waals surface area contributed by atoms with Crippen LogP contribution in [0.3, 0.4) is 0 Å². The van der Waals surface area contributed by atoms with Crippen LogP contribution < -0.4 is 0 Å². The standard InChI is InChI=1S/C28H27NO/c1-28-14-13-27(30)29(2)26(28)12-9-21-15-19(8-11-25(21)28)18-7-10-24-22(16-18)17-20-5-3-4-6-23(20)24/h3-8,10-11,15-16,26H,9,12-14,17H2,1-2H3/t26-,28-/m1/s1. The smallest absolute Gasteiger partial charge is 0.222 e. The van der Waals surface area contributed by atoms with E-state index in [4.69, 9.17) is 0 Å². The van der Waals surface area contributed by atoms with Crippen LogP contribution in [-0.2, 0) is 23.1 Å². The van der Waals surface area contributed by atoms with Crippen LogP contribution in [0.25, 0.3) is 22.3 Å². The van der Waals surface area contributed by atoms with Gasteiger partial charge in [-0.05, 0) is 70.2 Å². The Morgan fingerprint density at radius 2 is 1.60 bits per heavy atom. The fourth-order valence-electron chi connectivity index (χ4n) is 6.29. The lowest BCUT2D eigenvalue weighted by atomic mass is 9.63. The van der Waals surface area contributed by atoms with E-state index < -0.39 is 0 Å². The second-order valence-corrected chi connectivity index (χ2v) is 9.55. The van der Waals surface area contributed by atoms with Crippen molar-refractivity contribution in [1.82, 2.24) is 4.90 Å². The average Bonchev–Trinajstić information content (AvgIpc) is 3.14. The zero-order valence-corrected chi connectivity index (χ0v) is 17.7. The van der Waals surface area contributed by atoms with Crippen LogP contribution in [0.5, 0.6) is 0 Å². The van der Waals surface area contributed by atoms with Gasteiger partial charge in [0, 0.05) is 24.9 Å². The molecule has 2 aliphatic carbocycles. The highest BCUT2D eigenvalue weighted by Gasteiger charge is 2.46. The van der Waals surface area contributed by atoms with Crippen molar-refractivity contribution >= 4 is 5.91 Å². The van der Waals surface area contributed by atoms with E-state index >= 15 is 0 Å². The minimum absolute atomic E-state index is 0.0777. The number of carbonyl (C=O) groups is 1. The predicted molar refractivity (Wildman–Crippen MR) is 122 cm³/mol. The summed E-state index contributed by atoms with van der Waals surface area (Å²) in [6.07, 6.45) is 4.77. The number of hydrogen-bond acceptors (Lipinski definition) is 1. The average molecular weight is 394 g/mol. The molecule has 0 radical (unpaired) electrons. The summed E-state index contributed by atoms with van der Waals surface area (Å²) >= 11 is 0. The molecular formula is C28H27NO. The summed E-state index contributed by atoms with van der Waals surface area (Å²) in [5.74, 6) is 0.302. The lowest BCUT2D eigenvalue weighted by molar-refractivity contribution is -0.138. The molecule has 1 amide bonds. The zero-order valence-electron chi connectivity index (χ0n) is 17.7. The molecule has 0 saturated carbocycles. The molecule has 1 fully saturated rings. The van der Waals surface area contributed by atoms with Crippen LogP contribution in [0.4, 0.5) is 0 Å². The van der Waals surface area contributed by atoms with Crippen molar-refractivity contribution in [2.75, 3.05) is 7.05 Å². The quantitative estimate of drug-likeness (QED) is 0.403. The molecule has 150 valence electrons. The minimum Gasteiger partial charge on any atom is -0.342 e. The predicted octanol–water partition coefficient (Wildman–Crippen LogP) is 5.75. The van der Waals surface area contributed by atoms with Gasteiger partial charge in [0.05, 0.1) is 0 Å². The molecular weight excluding hydrogens is 366 g/mol. The van der Waals surface area contributed by atoms with Gasteiger partial charge in [0.25, 0.3) is 0 Å². The summed E-state index contributed by atoms with van der Waals surface area (Å²) in [4.78, 5) is 14.3. The summed E-state index contributed by atoms with van der Waals surface area (Å²) in [6.45, 7) is 2.37. The van der Waals surface area contributed by atoms with E-state index in [1.54, 1.807) is 0 Å². The van der Waals surface area contributed by atoms with Crippen LogP contribution in [0.15, 0.2) is 60.7 Å². The molecule has 2 atom stereocenters. The Hall–Kier alpha value is -2.87. The summed E-state index contributed by atoms with van der Waals surface area (Å²) in [6, 6.07) is 23.1. The summed E-state index contributed by atoms with van der Waals surface area (Å²) in [5.41, 5.74) is 11.3. The number of hydrogen-bond donors (Lipinski definition) is 0. The van der Waals surface area contributed by atoms with Crippen molar-refractivity contribution in [2.24, 2.45) is 0 Å². The Bertz CT molecular complexity index is 1190. The number of aryl methyl sites for hydroxylation is 1. The third-order valence-corrected chi connectivity index (χ3v) is 7.99. The van der Waals surface area contributed by atoms with Crippen molar-refractivity contribution < 1.29 is 4.79 Å². The third kappa shape index (κ3) is 2.46. The molecule has 0 spiro atoms. The van der Waals surface area contributed by atoms with Crippen LogP contribution in [0.2, 0.25) is 0 Å². The number of benzene rings is 3. The first kappa shape index (κ1) is 17.9. The maximum Gasteiger partial charge on any atom is 0.222 e. The van der Waals surface area contributed by atoms with Gasteiger partial charge in [-0.25, -0.2) is 0 Å². The Morgan fingerprint density at radius 1 is 0.867 bits per heavy atom. The normalized spacial score (nSPS) is 24.1. The summed E-state index contributed by atoms with van der Waals surface area (Å²) in [5, 5.41) is 0. The number of amides is 1. The Balaban J connectivity index is 1.37. The molecule has 1 heterocycles. The van der Waals surface area contributed by atoms with E-state index in [1.807, 2.05) is 11.9 Å². The number of likely N-dealkylation sites (N-methyl/N-ethyl adjacent to an activating group) is 1. The Labute approximate surface area is 178 Å². The summed E-state index contributed by atoms with van der Waals surface area (Å²) in [7, 11) is 1.99. The molecule has 2 heteroatoms. The molecule has 1 aliphatic heterocycles. The number of rotatable bonds is 1. The van der Waals surface area contributed by atoms with Crippen LogP contribution >= 0.6 is 0 Å². The van der Waals surface area contributed by atoms with Gasteiger partial charge in [-0.2, -0.15) is 0 Å². The number of nitrogens with zero attached hydrogens (tertiary/aromatic N) is 1. The number of piperidine rings is 1. The van der Waals surface area contributed by atoms with Crippen molar-refractivity contribution in [1.29, 1.82) is 0 Å². The zero-order chi connectivity index (χ0) is 20.5. The lowest BCUT2D eigenvalue weighted by Crippen LogP contribution is -2.56. The van der Waals surface area contributed by atoms with Gasteiger partial charge in [-0.1, -0.05) is 67.6 Å². The largest absolute Gasteiger partial charge is 0.342 e. The molecule has 0 bridgehead atoms. The van der Waals surface area contributed by atoms with Gasteiger partial charge in [-0.15, -0.1) is 0 Å². The number of likely N-dealkylation sites (tertiary alicyclic amines) is 1. The van der Waals surface area contributed by atoms with Crippen LogP contribution in [0, 0.1) is 0 Å². The van der Waals surface area contributed by atoms with Crippen molar-refractivity contribution in [3.63, 3.8) is 0 Å². The fourth-order valence-corrected chi connectivity index (χ4v) is 6.29. The molecule has 6 rings (SSSR count). The molecule has 1 saturated heterocycles. The second-order valence-electron chi connectivity index (χ2n) is 9.55. The van der Waals surface area contributed by atoms with Crippen molar-refractivity contribution in [2.45, 2.75) is 50.5 Å². The maximum atomic E-state index is 12.2. The van der Waals surface area contributed by atoms with Gasteiger partial charge in [0.1, 0.15) is 0 Å². The highest BCUT2D eigenvalue weighted by Crippen LogP contribution is 2.46. The van der Waals surface area contributed by atoms with Gasteiger partial charge < -0.3 is 4.90 Å². The van der Waals surface area contributed by atoms with Crippen molar-refractivity contribution in [3.8, 4) is 22.3 Å². The first-order chi connectivity index (χ1) is 14.5. The Morgan fingerprint density at radius 3 is 2.47 bits per heavy atom. The van der Waals surface area contributed by atoms with Gasteiger partial charge in [0.2, 0.25) is 5.91 Å². The molecule has 0 aromatic heterocycles. The molecule has 3 aliphatic rings. The lowest BCUT2D eigenvalue weighted by Gasteiger charge is -2.50. The van der Waals surface area contributed by atoms with E-state index in [1.165, 1.54) is 44.5 Å². The number of carbonyl (C=O) groups excluding carboxylic acids is 1. The van der Waals surface area contributed by atoms with Crippen LogP contribution in [-0.4, -0.2) is 23.9 Å². The first-order valence-corrected chi connectivity index (χ1v) is 11.2. The minimum atomic E-state index is 0.0777. The van der Waals surface area contributed by atoms with E-state index in [2.05, 4.69) is 67.6 Å². The molecule has 3 aromatic carbocycles. The van der Waals surface area contributed by atoms with E-state index in [9.17, 15) is 4.79 Å². The van der Waals surface area contributed by atoms with Crippen LogP contribution in [0.1, 0.15) is 48.4 Å². The molecule has 2 nitrogen and oxygen atoms in total. The van der Waals surface area contributed by atoms with Crippen molar-refractivity contribution in [3.05, 3.63) is 82.9 Å². The second kappa shape index (κ2) is 6.31. The summed E-state index contributed by atoms with van der Waals surface area (Å²) < 4.78 is 0. The van der Waals surface area contributed by atoms with Gasteiger partial charge in [-0.3, -0.25) is 4.79 Å². The van der Waals surface area contributed by atoms with Gasteiger partial charge in [0.15, 0.2) is 0 Å². The first-order valence-electron chi connectivity index (χ1n) is 11.2. The highest BCUT2D eigenvalue weighted by molar-refractivity contribution is 5.81. The third-order valence-electron chi connectivity index (χ3n) is 7.99. The van der Waals surface area contributed by atoms with Gasteiger partial charge >= 0.3 is 0 Å². The van der Waals surface area contributed by atoms with E-state index in [0.717, 1.165) is 25.7 Å². The topological polar surface area (TPSA) is 20.3 Å². The fraction of sp³-hybridized carbons (Fsp3) is 0.321. The molecule has 3 aromatic rings. The molecule has 30 heavy (non-hydrogen) atoms. The maximum absolute atomic E-state index is 12.2. The highest BCUT2D eigenvalue weighted by atomic mass is 16.2.